The number of rotatable bonds is 5. The lowest BCUT2D eigenvalue weighted by Gasteiger charge is -2.36. The molecule has 0 bridgehead atoms. The minimum Gasteiger partial charge on any atom is -0.497 e. The molecule has 1 N–H and O–H groups in total. The molecule has 0 aliphatic carbocycles. The van der Waals surface area contributed by atoms with Crippen LogP contribution in [0.1, 0.15) is 0 Å². The fraction of sp³-hybridized carbons (Fsp3) is 0.217. The van der Waals surface area contributed by atoms with Crippen LogP contribution >= 0.6 is 11.6 Å². The highest BCUT2D eigenvalue weighted by Crippen LogP contribution is 2.26. The van der Waals surface area contributed by atoms with Crippen LogP contribution < -0.4 is 19.9 Å². The molecule has 2 aromatic heterocycles. The number of methoxy groups -OCH3 is 1. The van der Waals surface area contributed by atoms with Gasteiger partial charge in [-0.3, -0.25) is 0 Å². The minimum atomic E-state index is -0.479. The summed E-state index contributed by atoms with van der Waals surface area (Å²) in [6.07, 6.45) is 3.13. The van der Waals surface area contributed by atoms with Crippen LogP contribution in [0.3, 0.4) is 0 Å². The van der Waals surface area contributed by atoms with Crippen LogP contribution in [0.2, 0.25) is 5.02 Å². The van der Waals surface area contributed by atoms with Gasteiger partial charge in [0.15, 0.2) is 5.82 Å². The first-order valence-electron chi connectivity index (χ1n) is 10.4. The molecule has 0 amide bonds. The summed E-state index contributed by atoms with van der Waals surface area (Å²) in [7, 11) is 1.66. The van der Waals surface area contributed by atoms with Crippen molar-refractivity contribution in [3.05, 3.63) is 65.8 Å². The monoisotopic (exact) mass is 465 g/mol. The number of ether oxygens (including phenoxy) is 1. The van der Waals surface area contributed by atoms with Gasteiger partial charge in [-0.1, -0.05) is 11.6 Å². The van der Waals surface area contributed by atoms with Crippen LogP contribution in [0.4, 0.5) is 27.5 Å². The maximum Gasteiger partial charge on any atom is 0.226 e. The van der Waals surface area contributed by atoms with Crippen molar-refractivity contribution < 1.29 is 9.13 Å². The van der Waals surface area contributed by atoms with Crippen molar-refractivity contribution >= 4 is 45.8 Å². The van der Waals surface area contributed by atoms with Crippen molar-refractivity contribution in [2.45, 2.75) is 0 Å². The van der Waals surface area contributed by atoms with Crippen molar-refractivity contribution in [2.24, 2.45) is 0 Å². The normalized spacial score (nSPS) is 13.9. The Kier molecular flexibility index (Phi) is 5.78. The third-order valence-corrected chi connectivity index (χ3v) is 5.84. The number of nitrogens with zero attached hydrogens (tertiary/aromatic N) is 6. The van der Waals surface area contributed by atoms with E-state index in [9.17, 15) is 4.39 Å². The standard InChI is InChI=1S/C23H21ClFN7O/c1-33-17-5-3-16(4-6-17)31-8-10-32(11-9-31)23-26-13-20-21(30-23)22(28-14-27-20)29-15-2-7-19(25)18(24)12-15/h2-7,12-14H,8-11H2,1H3,(H,27,28,29). The molecule has 10 heteroatoms. The van der Waals surface area contributed by atoms with E-state index < -0.39 is 5.82 Å². The molecule has 1 aliphatic heterocycles. The highest BCUT2D eigenvalue weighted by molar-refractivity contribution is 6.31. The Hall–Kier alpha value is -3.72. The molecule has 0 radical (unpaired) electrons. The van der Waals surface area contributed by atoms with Gasteiger partial charge in [-0.25, -0.2) is 24.3 Å². The van der Waals surface area contributed by atoms with E-state index in [4.69, 9.17) is 21.3 Å². The molecular weight excluding hydrogens is 445 g/mol. The van der Waals surface area contributed by atoms with Gasteiger partial charge < -0.3 is 19.9 Å². The van der Waals surface area contributed by atoms with Gasteiger partial charge in [-0.15, -0.1) is 0 Å². The number of benzene rings is 2. The molecule has 1 fully saturated rings. The summed E-state index contributed by atoms with van der Waals surface area (Å²) in [4.78, 5) is 22.3. The fourth-order valence-corrected chi connectivity index (χ4v) is 3.94. The molecule has 168 valence electrons. The molecule has 1 aliphatic rings. The number of halogens is 2. The molecule has 0 saturated carbocycles. The van der Waals surface area contributed by atoms with Gasteiger partial charge in [0.1, 0.15) is 28.9 Å². The molecule has 0 spiro atoms. The molecule has 33 heavy (non-hydrogen) atoms. The quantitative estimate of drug-likeness (QED) is 0.467. The van der Waals surface area contributed by atoms with Crippen LogP contribution in [0.15, 0.2) is 55.0 Å². The van der Waals surface area contributed by atoms with E-state index in [0.717, 1.165) is 37.6 Å². The van der Waals surface area contributed by atoms with Gasteiger partial charge in [-0.05, 0) is 42.5 Å². The van der Waals surface area contributed by atoms with E-state index in [1.807, 2.05) is 12.1 Å². The first-order valence-corrected chi connectivity index (χ1v) is 10.8. The number of hydrogen-bond donors (Lipinski definition) is 1. The number of piperazine rings is 1. The molecule has 3 heterocycles. The lowest BCUT2D eigenvalue weighted by Crippen LogP contribution is -2.47. The van der Waals surface area contributed by atoms with Crippen molar-refractivity contribution in [1.82, 2.24) is 19.9 Å². The van der Waals surface area contributed by atoms with E-state index in [-0.39, 0.29) is 5.02 Å². The Labute approximate surface area is 195 Å². The molecule has 8 nitrogen and oxygen atoms in total. The summed E-state index contributed by atoms with van der Waals surface area (Å²) >= 11 is 5.91. The molecule has 5 rings (SSSR count). The second kappa shape index (κ2) is 9.03. The van der Waals surface area contributed by atoms with Crippen LogP contribution in [-0.4, -0.2) is 53.2 Å². The summed E-state index contributed by atoms with van der Waals surface area (Å²) in [6, 6.07) is 12.5. The summed E-state index contributed by atoms with van der Waals surface area (Å²) in [5.74, 6) is 1.49. The maximum absolute atomic E-state index is 13.5. The van der Waals surface area contributed by atoms with E-state index in [1.165, 1.54) is 18.5 Å². The summed E-state index contributed by atoms with van der Waals surface area (Å²) in [5.41, 5.74) is 2.96. The highest BCUT2D eigenvalue weighted by Gasteiger charge is 2.20. The Morgan fingerprint density at radius 2 is 1.73 bits per heavy atom. The van der Waals surface area contributed by atoms with Crippen LogP contribution in [0, 0.1) is 5.82 Å². The number of nitrogens with one attached hydrogen (secondary N) is 1. The zero-order chi connectivity index (χ0) is 22.8. The Bertz CT molecular complexity index is 1280. The average Bonchev–Trinajstić information content (AvgIpc) is 2.86. The highest BCUT2D eigenvalue weighted by atomic mass is 35.5. The van der Waals surface area contributed by atoms with Gasteiger partial charge in [0.05, 0.1) is 18.3 Å². The SMILES string of the molecule is COc1ccc(N2CCN(c3ncc4ncnc(Nc5ccc(F)c(Cl)c5)c4n3)CC2)cc1. The van der Waals surface area contributed by atoms with E-state index in [0.29, 0.717) is 28.5 Å². The third-order valence-electron chi connectivity index (χ3n) is 5.55. The molecule has 2 aromatic carbocycles. The molecule has 1 saturated heterocycles. The first kappa shape index (κ1) is 21.1. The lowest BCUT2D eigenvalue weighted by atomic mass is 10.2. The fourth-order valence-electron chi connectivity index (χ4n) is 3.76. The smallest absolute Gasteiger partial charge is 0.226 e. The van der Waals surface area contributed by atoms with Crippen molar-refractivity contribution in [3.63, 3.8) is 0 Å². The van der Waals surface area contributed by atoms with E-state index in [1.54, 1.807) is 19.4 Å². The van der Waals surface area contributed by atoms with Gasteiger partial charge in [-0.2, -0.15) is 0 Å². The molecular formula is C23H21ClFN7O. The largest absolute Gasteiger partial charge is 0.497 e. The van der Waals surface area contributed by atoms with Crippen molar-refractivity contribution in [1.29, 1.82) is 0 Å². The second-order valence-electron chi connectivity index (χ2n) is 7.55. The molecule has 0 unspecified atom stereocenters. The number of fused-ring (bicyclic) bond motifs is 1. The number of hydrogen-bond acceptors (Lipinski definition) is 8. The first-order chi connectivity index (χ1) is 16.1. The van der Waals surface area contributed by atoms with Crippen LogP contribution in [0.5, 0.6) is 5.75 Å². The van der Waals surface area contributed by atoms with Gasteiger partial charge in [0.2, 0.25) is 5.95 Å². The van der Waals surface area contributed by atoms with Crippen LogP contribution in [-0.2, 0) is 0 Å². The predicted octanol–water partition coefficient (Wildman–Crippen LogP) is 4.29. The molecule has 4 aromatic rings. The average molecular weight is 466 g/mol. The van der Waals surface area contributed by atoms with Gasteiger partial charge in [0.25, 0.3) is 0 Å². The Morgan fingerprint density at radius 1 is 0.970 bits per heavy atom. The number of aromatic nitrogens is 4. The minimum absolute atomic E-state index is 0.0309. The number of anilines is 4. The zero-order valence-electron chi connectivity index (χ0n) is 17.9. The third kappa shape index (κ3) is 4.45. The summed E-state index contributed by atoms with van der Waals surface area (Å²) in [5, 5.41) is 3.18. The predicted molar refractivity (Wildman–Crippen MR) is 127 cm³/mol. The molecule has 0 atom stereocenters. The zero-order valence-corrected chi connectivity index (χ0v) is 18.6. The Balaban J connectivity index is 1.34. The van der Waals surface area contributed by atoms with Gasteiger partial charge in [0, 0.05) is 37.6 Å². The van der Waals surface area contributed by atoms with Crippen LogP contribution in [0.25, 0.3) is 11.0 Å². The topological polar surface area (TPSA) is 79.3 Å². The van der Waals surface area contributed by atoms with Crippen molar-refractivity contribution in [2.75, 3.05) is 48.4 Å². The summed E-state index contributed by atoms with van der Waals surface area (Å²) < 4.78 is 18.7. The maximum atomic E-state index is 13.5. The Morgan fingerprint density at radius 3 is 2.45 bits per heavy atom. The van der Waals surface area contributed by atoms with E-state index in [2.05, 4.69) is 42.2 Å². The lowest BCUT2D eigenvalue weighted by molar-refractivity contribution is 0.415. The van der Waals surface area contributed by atoms with Crippen molar-refractivity contribution in [3.8, 4) is 5.75 Å². The van der Waals surface area contributed by atoms with E-state index >= 15 is 0 Å². The summed E-state index contributed by atoms with van der Waals surface area (Å²) in [6.45, 7) is 3.25. The second-order valence-corrected chi connectivity index (χ2v) is 7.96. The van der Waals surface area contributed by atoms with Gasteiger partial charge >= 0.3 is 0 Å².